The molecule has 12 nitrogen and oxygen atoms in total. The summed E-state index contributed by atoms with van der Waals surface area (Å²) in [6.45, 7) is 11.6. The second kappa shape index (κ2) is 18.1. The van der Waals surface area contributed by atoms with E-state index in [1.165, 1.54) is 5.57 Å². The van der Waals surface area contributed by atoms with Crippen molar-refractivity contribution >= 4 is 23.5 Å². The highest BCUT2D eigenvalue weighted by molar-refractivity contribution is 6.23. The van der Waals surface area contributed by atoms with Gasteiger partial charge in [0.05, 0.1) is 33.2 Å². The molecular formula is C43H73N7O5+4. The number of carbonyl (C=O) groups is 3. The van der Waals surface area contributed by atoms with E-state index in [-0.39, 0.29) is 48.5 Å². The van der Waals surface area contributed by atoms with E-state index in [1.54, 1.807) is 0 Å². The topological polar surface area (TPSA) is 187 Å². The van der Waals surface area contributed by atoms with Crippen LogP contribution >= 0.6 is 0 Å². The number of guanidine groups is 1. The Balaban J connectivity index is 1.24. The monoisotopic (exact) mass is 768 g/mol. The fourth-order valence-electron chi connectivity index (χ4n) is 11.0. The first-order chi connectivity index (χ1) is 26.5. The van der Waals surface area contributed by atoms with Crippen molar-refractivity contribution in [2.75, 3.05) is 40.5 Å². The number of epoxide rings is 1. The quantitative estimate of drug-likeness (QED) is 0.0196. The second-order valence-electron chi connectivity index (χ2n) is 18.1. The fourth-order valence-corrected chi connectivity index (χ4v) is 11.0. The number of Topliss-reactive ketones (excluding diaryl/α,β-unsaturated/α-hetero) is 2. The smallest absolute Gasteiger partial charge is 0.350 e. The van der Waals surface area contributed by atoms with Crippen molar-refractivity contribution in [1.82, 2.24) is 10.6 Å². The number of esters is 1. The summed E-state index contributed by atoms with van der Waals surface area (Å²) in [6, 6.07) is 0.260. The summed E-state index contributed by atoms with van der Waals surface area (Å²) in [6.07, 6.45) is 18.6. The van der Waals surface area contributed by atoms with Crippen LogP contribution in [0.25, 0.3) is 0 Å². The van der Waals surface area contributed by atoms with E-state index in [0.717, 1.165) is 76.7 Å². The average molecular weight is 768 g/mol. The Morgan fingerprint density at radius 3 is 2.75 bits per heavy atom. The third-order valence-corrected chi connectivity index (χ3v) is 13.8. The minimum atomic E-state index is -1.88. The molecule has 0 aromatic rings. The van der Waals surface area contributed by atoms with Crippen LogP contribution in [0.1, 0.15) is 98.3 Å². The van der Waals surface area contributed by atoms with Crippen LogP contribution in [0.3, 0.4) is 0 Å². The van der Waals surface area contributed by atoms with Crippen LogP contribution in [0.15, 0.2) is 35.5 Å². The number of allylic oxidation sites excluding steroid dienone is 3. The molecule has 0 amide bonds. The van der Waals surface area contributed by atoms with Gasteiger partial charge in [0, 0.05) is 49.4 Å². The van der Waals surface area contributed by atoms with Gasteiger partial charge in [0.15, 0.2) is 17.2 Å². The molecule has 4 fully saturated rings. The van der Waals surface area contributed by atoms with E-state index in [0.29, 0.717) is 42.7 Å². The Morgan fingerprint density at radius 2 is 2.00 bits per heavy atom. The minimum Gasteiger partial charge on any atom is -0.463 e. The standard InChI is InChI=1S/C43H69N7O5/c1-7-47-34-22-29-12-9-8-11-28(29)21-32(34)24-54-40(53)43-39(52)37-31(19-26(2)3)13-10-14-33(37)38(51)42(43,55-43)17-15-27(4)20-35(50-41(44)46-6)30-16-18-48-36(23-30)49-25-45-5/h9,12,15,22,26,28,30-37,45,47-49H,7-8,10-11,13-14,16-21,23-25H2,1-6H3,(H3,44,46,50)/p+4/t28-,30?,31?,32-,33?,34-,35+,36?,37?,42-,43-/m0/s1. The van der Waals surface area contributed by atoms with Crippen molar-refractivity contribution in [3.8, 4) is 0 Å². The molecule has 11 N–H and O–H groups in total. The number of nitrogens with one attached hydrogen (secondary N) is 3. The molecule has 2 saturated carbocycles. The molecule has 2 aliphatic heterocycles. The average Bonchev–Trinajstić information content (AvgIpc) is 3.89. The molecule has 0 radical (unpaired) electrons. The first-order valence-electron chi connectivity index (χ1n) is 21.7. The van der Waals surface area contributed by atoms with Crippen LogP contribution in [-0.2, 0) is 23.9 Å². The van der Waals surface area contributed by atoms with Crippen LogP contribution in [-0.4, -0.2) is 93.4 Å². The van der Waals surface area contributed by atoms with Crippen molar-refractivity contribution in [1.29, 1.82) is 0 Å². The Morgan fingerprint density at radius 1 is 1.18 bits per heavy atom. The predicted molar refractivity (Wildman–Crippen MR) is 211 cm³/mol. The molecule has 11 atom stereocenters. The molecular weight excluding hydrogens is 695 g/mol. The van der Waals surface area contributed by atoms with Gasteiger partial charge in [0.1, 0.15) is 25.5 Å². The van der Waals surface area contributed by atoms with Crippen molar-refractivity contribution < 1.29 is 44.8 Å². The molecule has 12 heteroatoms. The molecule has 0 spiro atoms. The van der Waals surface area contributed by atoms with Gasteiger partial charge < -0.3 is 25.4 Å². The SMILES string of the molecule is CC[NH2+][C@H]1C=C2C=CCC[C@H]2C[C@H]1COC(=O)[C@]12O[C@@]1(CC=C(C)C[C@@H](NC(N)=[NH+]C)C1CC[NH2+]C(NC[NH2+]C)C1)C(=O)C1CCCC(CC(C)C)C1C2=O. The number of hydrogen-bond donors (Lipinski definition) is 7. The van der Waals surface area contributed by atoms with Gasteiger partial charge in [-0.25, -0.2) is 10.1 Å². The molecule has 6 aliphatic rings. The molecule has 55 heavy (non-hydrogen) atoms. The number of fused-ring (bicyclic) bond motifs is 3. The number of ether oxygens (including phenoxy) is 2. The Kier molecular flexibility index (Phi) is 13.8. The van der Waals surface area contributed by atoms with Gasteiger partial charge in [-0.1, -0.05) is 44.1 Å². The van der Waals surface area contributed by atoms with Crippen LogP contribution < -0.4 is 37.3 Å². The zero-order valence-electron chi connectivity index (χ0n) is 34.5. The maximum Gasteiger partial charge on any atom is 0.350 e. The van der Waals surface area contributed by atoms with Gasteiger partial charge in [-0.05, 0) is 81.8 Å². The lowest BCUT2D eigenvalue weighted by atomic mass is 9.57. The summed E-state index contributed by atoms with van der Waals surface area (Å²) in [5.74, 6) is 0.0597. The van der Waals surface area contributed by atoms with E-state index in [1.807, 2.05) is 13.1 Å². The van der Waals surface area contributed by atoms with Gasteiger partial charge in [0.2, 0.25) is 0 Å². The van der Waals surface area contributed by atoms with Crippen molar-refractivity contribution in [2.24, 2.45) is 47.2 Å². The van der Waals surface area contributed by atoms with Crippen LogP contribution in [0.5, 0.6) is 0 Å². The van der Waals surface area contributed by atoms with Gasteiger partial charge in [-0.15, -0.1) is 0 Å². The Labute approximate surface area is 329 Å². The van der Waals surface area contributed by atoms with Crippen molar-refractivity contribution in [2.45, 2.75) is 128 Å². The third-order valence-electron chi connectivity index (χ3n) is 13.8. The minimum absolute atomic E-state index is 0.0612. The molecule has 2 saturated heterocycles. The first kappa shape index (κ1) is 41.7. The maximum absolute atomic E-state index is 14.9. The van der Waals surface area contributed by atoms with E-state index in [4.69, 9.17) is 15.2 Å². The van der Waals surface area contributed by atoms with Crippen molar-refractivity contribution in [3.63, 3.8) is 0 Å². The molecule has 306 valence electrons. The largest absolute Gasteiger partial charge is 0.463 e. The summed E-state index contributed by atoms with van der Waals surface area (Å²) in [7, 11) is 3.88. The number of piperidine rings is 1. The lowest BCUT2D eigenvalue weighted by Crippen LogP contribution is -2.98. The number of carbonyl (C=O) groups excluding carboxylic acids is 3. The summed E-state index contributed by atoms with van der Waals surface area (Å²) in [5.41, 5.74) is 5.37. The molecule has 0 aromatic heterocycles. The molecule has 0 bridgehead atoms. The Hall–Kier alpha value is -2.90. The molecule has 4 aliphatic carbocycles. The van der Waals surface area contributed by atoms with Crippen LogP contribution in [0, 0.1) is 41.4 Å². The summed E-state index contributed by atoms with van der Waals surface area (Å²) in [4.78, 5) is 47.4. The van der Waals surface area contributed by atoms with E-state index < -0.39 is 29.0 Å². The van der Waals surface area contributed by atoms with Crippen molar-refractivity contribution in [3.05, 3.63) is 35.5 Å². The van der Waals surface area contributed by atoms with E-state index in [2.05, 4.69) is 84.5 Å². The van der Waals surface area contributed by atoms with Gasteiger partial charge in [-0.3, -0.25) is 25.6 Å². The summed E-state index contributed by atoms with van der Waals surface area (Å²) in [5, 5.41) is 14.0. The zero-order chi connectivity index (χ0) is 39.3. The molecule has 6 rings (SSSR count). The van der Waals surface area contributed by atoms with Gasteiger partial charge in [0.25, 0.3) is 5.60 Å². The van der Waals surface area contributed by atoms with Gasteiger partial charge >= 0.3 is 11.9 Å². The highest BCUT2D eigenvalue weighted by Gasteiger charge is 2.87. The predicted octanol–water partition coefficient (Wildman–Crippen LogP) is -1.12. The number of rotatable bonds is 16. The van der Waals surface area contributed by atoms with E-state index >= 15 is 0 Å². The lowest BCUT2D eigenvalue weighted by Gasteiger charge is -2.42. The molecule has 5 unspecified atom stereocenters. The number of quaternary nitrogens is 3. The zero-order valence-corrected chi connectivity index (χ0v) is 34.5. The van der Waals surface area contributed by atoms with Gasteiger partial charge in [-0.2, -0.15) is 0 Å². The molecule has 0 aromatic carbocycles. The third kappa shape index (κ3) is 8.68. The number of hydrogen-bond acceptors (Lipinski definition) is 6. The van der Waals surface area contributed by atoms with Crippen LogP contribution in [0.4, 0.5) is 0 Å². The summed E-state index contributed by atoms with van der Waals surface area (Å²) < 4.78 is 12.7. The van der Waals surface area contributed by atoms with Crippen LogP contribution in [0.2, 0.25) is 0 Å². The lowest BCUT2D eigenvalue weighted by molar-refractivity contribution is -0.717. The summed E-state index contributed by atoms with van der Waals surface area (Å²) >= 11 is 0. The normalized spacial score (nSPS) is 36.7. The number of nitrogens with two attached hydrogens (primary N) is 4. The number of ketones is 2. The molecule has 2 heterocycles. The highest BCUT2D eigenvalue weighted by Crippen LogP contribution is 2.62. The first-order valence-corrected chi connectivity index (χ1v) is 21.7. The second-order valence-corrected chi connectivity index (χ2v) is 18.1. The number of likely N-dealkylation sites (N-methyl/N-ethyl adjacent to an activating group) is 1. The Bertz CT molecular complexity index is 1530. The van der Waals surface area contributed by atoms with E-state index in [9.17, 15) is 14.4 Å². The highest BCUT2D eigenvalue weighted by atomic mass is 16.7. The fraction of sp³-hybridized carbons (Fsp3) is 0.767. The maximum atomic E-state index is 14.9.